The van der Waals surface area contributed by atoms with Crippen LogP contribution < -0.4 is 19.6 Å². The molecule has 0 aliphatic rings. The van der Waals surface area contributed by atoms with Gasteiger partial charge >= 0.3 is 5.97 Å². The van der Waals surface area contributed by atoms with Crippen molar-refractivity contribution in [3.05, 3.63) is 89.5 Å². The molecule has 0 aliphatic carbocycles. The maximum Gasteiger partial charge on any atom is 0.343 e. The molecule has 32 heavy (non-hydrogen) atoms. The Morgan fingerprint density at radius 3 is 2.50 bits per heavy atom. The Balaban J connectivity index is 1.58. The third-order valence-electron chi connectivity index (χ3n) is 4.24. The van der Waals surface area contributed by atoms with Crippen LogP contribution in [0.15, 0.2) is 77.9 Å². The van der Waals surface area contributed by atoms with Crippen molar-refractivity contribution in [2.24, 2.45) is 5.10 Å². The molecule has 3 aromatic carbocycles. The summed E-state index contributed by atoms with van der Waals surface area (Å²) in [7, 11) is 0. The smallest absolute Gasteiger partial charge is 0.343 e. The van der Waals surface area contributed by atoms with Gasteiger partial charge in [0.05, 0.1) is 18.4 Å². The first-order valence-corrected chi connectivity index (χ1v) is 10.1. The quantitative estimate of drug-likeness (QED) is 0.238. The number of esters is 1. The highest BCUT2D eigenvalue weighted by Crippen LogP contribution is 2.29. The van der Waals surface area contributed by atoms with E-state index in [0.29, 0.717) is 35.0 Å². The lowest BCUT2D eigenvalue weighted by Crippen LogP contribution is -2.24. The van der Waals surface area contributed by atoms with E-state index in [1.165, 1.54) is 6.21 Å². The highest BCUT2D eigenvalue weighted by molar-refractivity contribution is 5.91. The van der Waals surface area contributed by atoms with Crippen molar-refractivity contribution in [3.8, 4) is 17.2 Å². The van der Waals surface area contributed by atoms with Crippen molar-refractivity contribution in [1.82, 2.24) is 5.43 Å². The van der Waals surface area contributed by atoms with Gasteiger partial charge in [-0.1, -0.05) is 30.3 Å². The van der Waals surface area contributed by atoms with E-state index in [4.69, 9.17) is 14.2 Å². The van der Waals surface area contributed by atoms with Crippen LogP contribution >= 0.6 is 0 Å². The number of carbonyl (C=O) groups excluding carboxylic acids is 2. The first-order chi connectivity index (χ1) is 15.5. The number of nitrogens with zero attached hydrogens (tertiary/aromatic N) is 1. The Kier molecular flexibility index (Phi) is 7.97. The van der Waals surface area contributed by atoms with Crippen LogP contribution in [0.2, 0.25) is 0 Å². The number of rotatable bonds is 9. The average molecular weight is 432 g/mol. The summed E-state index contributed by atoms with van der Waals surface area (Å²) >= 11 is 0. The zero-order valence-corrected chi connectivity index (χ0v) is 17.9. The summed E-state index contributed by atoms with van der Waals surface area (Å²) in [5, 5.41) is 3.94. The third kappa shape index (κ3) is 6.70. The van der Waals surface area contributed by atoms with Crippen LogP contribution in [-0.4, -0.2) is 31.3 Å². The topological polar surface area (TPSA) is 86.2 Å². The molecule has 0 heterocycles. The van der Waals surface area contributed by atoms with Crippen LogP contribution in [0.1, 0.15) is 28.4 Å². The van der Waals surface area contributed by atoms with Crippen molar-refractivity contribution < 1.29 is 23.8 Å². The van der Waals surface area contributed by atoms with Crippen molar-refractivity contribution in [3.63, 3.8) is 0 Å². The van der Waals surface area contributed by atoms with E-state index >= 15 is 0 Å². The summed E-state index contributed by atoms with van der Waals surface area (Å²) in [4.78, 5) is 24.3. The minimum absolute atomic E-state index is 0.153. The molecule has 0 saturated heterocycles. The molecule has 0 aliphatic heterocycles. The zero-order valence-electron chi connectivity index (χ0n) is 17.9. The lowest BCUT2D eigenvalue weighted by Gasteiger charge is -2.11. The molecule has 1 N–H and O–H groups in total. The molecule has 3 aromatic rings. The molecule has 0 aromatic heterocycles. The van der Waals surface area contributed by atoms with Crippen molar-refractivity contribution in [2.75, 3.05) is 13.2 Å². The van der Waals surface area contributed by atoms with Crippen LogP contribution in [0.5, 0.6) is 17.2 Å². The highest BCUT2D eigenvalue weighted by Gasteiger charge is 2.13. The van der Waals surface area contributed by atoms with Crippen molar-refractivity contribution >= 4 is 18.1 Å². The fourth-order valence-electron chi connectivity index (χ4n) is 2.76. The predicted molar refractivity (Wildman–Crippen MR) is 121 cm³/mol. The molecule has 0 spiro atoms. The van der Waals surface area contributed by atoms with Crippen molar-refractivity contribution in [2.45, 2.75) is 13.8 Å². The van der Waals surface area contributed by atoms with Gasteiger partial charge in [0.1, 0.15) is 5.75 Å². The summed E-state index contributed by atoms with van der Waals surface area (Å²) in [6.45, 7) is 4.02. The second-order valence-electron chi connectivity index (χ2n) is 6.79. The first kappa shape index (κ1) is 22.6. The maximum absolute atomic E-state index is 12.3. The Labute approximate surface area is 186 Å². The van der Waals surface area contributed by atoms with E-state index in [2.05, 4.69) is 10.5 Å². The molecule has 3 rings (SSSR count). The number of carbonyl (C=O) groups is 2. The Morgan fingerprint density at radius 1 is 0.938 bits per heavy atom. The van der Waals surface area contributed by atoms with Gasteiger partial charge in [-0.3, -0.25) is 4.79 Å². The zero-order chi connectivity index (χ0) is 22.8. The Morgan fingerprint density at radius 2 is 1.75 bits per heavy atom. The SMILES string of the molecule is CCOc1cc(/C=N\NC(=O)COc2cccc(C)c2)ccc1OC(=O)c1ccccc1. The van der Waals surface area contributed by atoms with E-state index in [0.717, 1.165) is 5.56 Å². The summed E-state index contributed by atoms with van der Waals surface area (Å²) < 4.78 is 16.5. The number of nitrogens with one attached hydrogen (secondary N) is 1. The molecule has 0 atom stereocenters. The second-order valence-corrected chi connectivity index (χ2v) is 6.79. The van der Waals surface area contributed by atoms with E-state index < -0.39 is 5.97 Å². The fraction of sp³-hybridized carbons (Fsp3) is 0.160. The van der Waals surface area contributed by atoms with Gasteiger partial charge in [0.25, 0.3) is 5.91 Å². The second kappa shape index (κ2) is 11.3. The average Bonchev–Trinajstić information content (AvgIpc) is 2.80. The van der Waals surface area contributed by atoms with Gasteiger partial charge in [0.2, 0.25) is 0 Å². The molecular formula is C25H24N2O5. The predicted octanol–water partition coefficient (Wildman–Crippen LogP) is 4.14. The molecule has 0 unspecified atom stereocenters. The molecular weight excluding hydrogens is 408 g/mol. The fourth-order valence-corrected chi connectivity index (χ4v) is 2.76. The van der Waals surface area contributed by atoms with Gasteiger partial charge < -0.3 is 14.2 Å². The van der Waals surface area contributed by atoms with Gasteiger partial charge in [-0.2, -0.15) is 5.10 Å². The minimum atomic E-state index is -0.478. The number of hydrazone groups is 1. The molecule has 0 bridgehead atoms. The van der Waals surface area contributed by atoms with Crippen molar-refractivity contribution in [1.29, 1.82) is 0 Å². The Bertz CT molecular complexity index is 1100. The van der Waals surface area contributed by atoms with E-state index in [1.54, 1.807) is 48.5 Å². The summed E-state index contributed by atoms with van der Waals surface area (Å²) in [6.07, 6.45) is 1.47. The summed E-state index contributed by atoms with van der Waals surface area (Å²) in [6, 6.07) is 21.1. The van der Waals surface area contributed by atoms with Crippen LogP contribution in [-0.2, 0) is 4.79 Å². The largest absolute Gasteiger partial charge is 0.490 e. The van der Waals surface area contributed by atoms with Crippen LogP contribution in [0.25, 0.3) is 0 Å². The number of benzene rings is 3. The normalized spacial score (nSPS) is 10.6. The van der Waals surface area contributed by atoms with Gasteiger partial charge in [-0.15, -0.1) is 0 Å². The molecule has 7 nitrogen and oxygen atoms in total. The number of amides is 1. The van der Waals surface area contributed by atoms with Gasteiger partial charge in [0.15, 0.2) is 18.1 Å². The Hall–Kier alpha value is -4.13. The number of ether oxygens (including phenoxy) is 3. The van der Waals surface area contributed by atoms with Crippen LogP contribution in [0.4, 0.5) is 0 Å². The van der Waals surface area contributed by atoms with Crippen LogP contribution in [0.3, 0.4) is 0 Å². The monoisotopic (exact) mass is 432 g/mol. The number of hydrogen-bond acceptors (Lipinski definition) is 6. The number of hydrogen-bond donors (Lipinski definition) is 1. The van der Waals surface area contributed by atoms with E-state index in [9.17, 15) is 9.59 Å². The third-order valence-corrected chi connectivity index (χ3v) is 4.24. The van der Waals surface area contributed by atoms with Gasteiger partial charge in [0, 0.05) is 0 Å². The summed E-state index contributed by atoms with van der Waals surface area (Å²) in [5.41, 5.74) is 4.56. The lowest BCUT2D eigenvalue weighted by molar-refractivity contribution is -0.123. The summed E-state index contributed by atoms with van der Waals surface area (Å²) in [5.74, 6) is 0.449. The van der Waals surface area contributed by atoms with E-state index in [-0.39, 0.29) is 12.5 Å². The van der Waals surface area contributed by atoms with Gasteiger partial charge in [-0.25, -0.2) is 10.2 Å². The maximum atomic E-state index is 12.3. The lowest BCUT2D eigenvalue weighted by atomic mass is 10.2. The molecule has 0 saturated carbocycles. The number of aryl methyl sites for hydroxylation is 1. The molecule has 164 valence electrons. The molecule has 0 fully saturated rings. The highest BCUT2D eigenvalue weighted by atomic mass is 16.6. The molecule has 0 radical (unpaired) electrons. The minimum Gasteiger partial charge on any atom is -0.490 e. The van der Waals surface area contributed by atoms with Crippen LogP contribution in [0, 0.1) is 6.92 Å². The molecule has 7 heteroatoms. The van der Waals surface area contributed by atoms with E-state index in [1.807, 2.05) is 38.1 Å². The standard InChI is InChI=1S/C25H24N2O5/c1-3-30-23-15-19(12-13-22(23)32-25(29)20-9-5-4-6-10-20)16-26-27-24(28)17-31-21-11-7-8-18(2)14-21/h4-16H,3,17H2,1-2H3,(H,27,28)/b26-16-. The molecule has 1 amide bonds. The van der Waals surface area contributed by atoms with Gasteiger partial charge in [-0.05, 0) is 67.4 Å². The first-order valence-electron chi connectivity index (χ1n) is 10.1.